The predicted molar refractivity (Wildman–Crippen MR) is 83.7 cm³/mol. The summed E-state index contributed by atoms with van der Waals surface area (Å²) < 4.78 is 0. The number of nitrogens with zero attached hydrogens (tertiary/aromatic N) is 1. The van der Waals surface area contributed by atoms with E-state index in [0.29, 0.717) is 0 Å². The Kier molecular flexibility index (Phi) is 4.89. The van der Waals surface area contributed by atoms with Gasteiger partial charge in [-0.2, -0.15) is 0 Å². The maximum Gasteiger partial charge on any atom is 0.0366 e. The van der Waals surface area contributed by atoms with Gasteiger partial charge in [-0.05, 0) is 36.5 Å². The lowest BCUT2D eigenvalue weighted by Crippen LogP contribution is -2.32. The van der Waals surface area contributed by atoms with Crippen LogP contribution in [0.5, 0.6) is 0 Å². The summed E-state index contributed by atoms with van der Waals surface area (Å²) in [6.45, 7) is 8.83. The molecule has 2 nitrogen and oxygen atoms in total. The Hall–Kier alpha value is -1.44. The Balaban J connectivity index is 1.87. The number of benzene rings is 1. The van der Waals surface area contributed by atoms with Crippen LogP contribution in [0.3, 0.4) is 0 Å². The molecule has 1 aromatic rings. The topological polar surface area (TPSA) is 29.3 Å². The molecule has 1 aliphatic rings. The molecule has 1 aliphatic heterocycles. The SMILES string of the molecule is C=C(c1ccc(N)cc1)N1CCC(CCCC)CC1. The van der Waals surface area contributed by atoms with Crippen molar-refractivity contribution in [2.24, 2.45) is 5.92 Å². The first-order chi connectivity index (χ1) is 9.20. The molecule has 1 saturated heterocycles. The van der Waals surface area contributed by atoms with Crippen LogP contribution in [0, 0.1) is 5.92 Å². The maximum absolute atomic E-state index is 5.73. The summed E-state index contributed by atoms with van der Waals surface area (Å²) in [5, 5.41) is 0. The van der Waals surface area contributed by atoms with Crippen LogP contribution in [0.2, 0.25) is 0 Å². The number of nitrogen functional groups attached to an aromatic ring is 1. The number of piperidine rings is 1. The number of unbranched alkanes of at least 4 members (excludes halogenated alkanes) is 1. The van der Waals surface area contributed by atoms with Crippen molar-refractivity contribution in [3.8, 4) is 0 Å². The standard InChI is InChI=1S/C17H26N2/c1-3-4-5-15-10-12-19(13-11-15)14(2)16-6-8-17(18)9-7-16/h6-9,15H,2-5,10-13,18H2,1H3. The van der Waals surface area contributed by atoms with E-state index in [1.165, 1.54) is 37.7 Å². The van der Waals surface area contributed by atoms with Crippen LogP contribution in [-0.4, -0.2) is 18.0 Å². The average Bonchev–Trinajstić information content (AvgIpc) is 2.46. The molecule has 1 aromatic carbocycles. The Labute approximate surface area is 117 Å². The van der Waals surface area contributed by atoms with Crippen molar-refractivity contribution in [1.82, 2.24) is 4.90 Å². The summed E-state index contributed by atoms with van der Waals surface area (Å²) >= 11 is 0. The Morgan fingerprint density at radius 1 is 1.26 bits per heavy atom. The van der Waals surface area contributed by atoms with Gasteiger partial charge < -0.3 is 10.6 Å². The molecule has 0 saturated carbocycles. The summed E-state index contributed by atoms with van der Waals surface area (Å²) in [6.07, 6.45) is 6.72. The van der Waals surface area contributed by atoms with Gasteiger partial charge in [0, 0.05) is 24.5 Å². The Morgan fingerprint density at radius 2 is 1.89 bits per heavy atom. The first-order valence-corrected chi connectivity index (χ1v) is 7.50. The lowest BCUT2D eigenvalue weighted by atomic mass is 9.91. The van der Waals surface area contributed by atoms with Gasteiger partial charge in [0.1, 0.15) is 0 Å². The zero-order valence-corrected chi connectivity index (χ0v) is 12.1. The van der Waals surface area contributed by atoms with Crippen LogP contribution >= 0.6 is 0 Å². The smallest absolute Gasteiger partial charge is 0.0366 e. The minimum atomic E-state index is 0.815. The Bertz CT molecular complexity index is 400. The second-order valence-electron chi connectivity index (χ2n) is 5.64. The predicted octanol–water partition coefficient (Wildman–Crippen LogP) is 4.14. The van der Waals surface area contributed by atoms with Gasteiger partial charge in [0.25, 0.3) is 0 Å². The summed E-state index contributed by atoms with van der Waals surface area (Å²) in [5.74, 6) is 0.926. The monoisotopic (exact) mass is 258 g/mol. The van der Waals surface area contributed by atoms with E-state index in [1.54, 1.807) is 0 Å². The Morgan fingerprint density at radius 3 is 2.47 bits per heavy atom. The van der Waals surface area contributed by atoms with Crippen LogP contribution in [-0.2, 0) is 0 Å². The van der Waals surface area contributed by atoms with Crippen molar-refractivity contribution in [3.63, 3.8) is 0 Å². The average molecular weight is 258 g/mol. The van der Waals surface area contributed by atoms with Crippen molar-refractivity contribution in [2.75, 3.05) is 18.8 Å². The number of hydrogen-bond acceptors (Lipinski definition) is 2. The second-order valence-corrected chi connectivity index (χ2v) is 5.64. The molecular weight excluding hydrogens is 232 g/mol. The van der Waals surface area contributed by atoms with Crippen LogP contribution in [0.15, 0.2) is 30.8 Å². The number of rotatable bonds is 5. The van der Waals surface area contributed by atoms with Gasteiger partial charge in [0.05, 0.1) is 0 Å². The summed E-state index contributed by atoms with van der Waals surface area (Å²) in [5.41, 5.74) is 8.88. The third-order valence-electron chi connectivity index (χ3n) is 4.21. The van der Waals surface area contributed by atoms with Crippen molar-refractivity contribution >= 4 is 11.4 Å². The molecule has 104 valence electrons. The lowest BCUT2D eigenvalue weighted by molar-refractivity contribution is 0.243. The third-order valence-corrected chi connectivity index (χ3v) is 4.21. The van der Waals surface area contributed by atoms with E-state index in [0.717, 1.165) is 30.4 Å². The minimum Gasteiger partial charge on any atom is -0.399 e. The van der Waals surface area contributed by atoms with E-state index in [9.17, 15) is 0 Å². The molecule has 1 fully saturated rings. The highest BCUT2D eigenvalue weighted by molar-refractivity contribution is 5.63. The highest BCUT2D eigenvalue weighted by Gasteiger charge is 2.19. The minimum absolute atomic E-state index is 0.815. The molecule has 2 rings (SSSR count). The summed E-state index contributed by atoms with van der Waals surface area (Å²) in [4.78, 5) is 2.42. The highest BCUT2D eigenvalue weighted by atomic mass is 15.1. The van der Waals surface area contributed by atoms with Crippen LogP contribution < -0.4 is 5.73 Å². The third kappa shape index (κ3) is 3.76. The first-order valence-electron chi connectivity index (χ1n) is 7.50. The molecule has 19 heavy (non-hydrogen) atoms. The summed E-state index contributed by atoms with van der Waals surface area (Å²) in [6, 6.07) is 8.05. The lowest BCUT2D eigenvalue weighted by Gasteiger charge is -2.35. The number of hydrogen-bond donors (Lipinski definition) is 1. The maximum atomic E-state index is 5.73. The van der Waals surface area contributed by atoms with Crippen molar-refractivity contribution in [3.05, 3.63) is 36.4 Å². The molecule has 2 N–H and O–H groups in total. The molecular formula is C17H26N2. The zero-order chi connectivity index (χ0) is 13.7. The zero-order valence-electron chi connectivity index (χ0n) is 12.1. The molecule has 0 atom stereocenters. The molecule has 0 aromatic heterocycles. The largest absolute Gasteiger partial charge is 0.399 e. The van der Waals surface area contributed by atoms with Gasteiger partial charge in [-0.3, -0.25) is 0 Å². The quantitative estimate of drug-likeness (QED) is 0.804. The summed E-state index contributed by atoms with van der Waals surface area (Å²) in [7, 11) is 0. The molecule has 1 heterocycles. The fraction of sp³-hybridized carbons (Fsp3) is 0.529. The van der Waals surface area contributed by atoms with E-state index < -0.39 is 0 Å². The molecule has 2 heteroatoms. The van der Waals surface area contributed by atoms with E-state index in [4.69, 9.17) is 5.73 Å². The van der Waals surface area contributed by atoms with Crippen LogP contribution in [0.4, 0.5) is 5.69 Å². The van der Waals surface area contributed by atoms with Gasteiger partial charge in [-0.1, -0.05) is 44.9 Å². The van der Waals surface area contributed by atoms with Crippen LogP contribution in [0.25, 0.3) is 5.70 Å². The molecule has 0 radical (unpaired) electrons. The van der Waals surface area contributed by atoms with Gasteiger partial charge in [0.2, 0.25) is 0 Å². The fourth-order valence-electron chi connectivity index (χ4n) is 2.84. The van der Waals surface area contributed by atoms with Gasteiger partial charge >= 0.3 is 0 Å². The number of nitrogens with two attached hydrogens (primary N) is 1. The fourth-order valence-corrected chi connectivity index (χ4v) is 2.84. The first kappa shape index (κ1) is 14.0. The molecule has 0 spiro atoms. The van der Waals surface area contributed by atoms with Crippen molar-refractivity contribution in [2.45, 2.75) is 39.0 Å². The molecule has 0 unspecified atom stereocenters. The van der Waals surface area contributed by atoms with Crippen LogP contribution in [0.1, 0.15) is 44.6 Å². The van der Waals surface area contributed by atoms with E-state index >= 15 is 0 Å². The van der Waals surface area contributed by atoms with E-state index in [1.807, 2.05) is 12.1 Å². The molecule has 0 amide bonds. The molecule has 0 aliphatic carbocycles. The van der Waals surface area contributed by atoms with Crippen molar-refractivity contribution in [1.29, 1.82) is 0 Å². The highest BCUT2D eigenvalue weighted by Crippen LogP contribution is 2.27. The van der Waals surface area contributed by atoms with Gasteiger partial charge in [0.15, 0.2) is 0 Å². The number of likely N-dealkylation sites (tertiary alicyclic amines) is 1. The molecule has 0 bridgehead atoms. The van der Waals surface area contributed by atoms with Gasteiger partial charge in [-0.25, -0.2) is 0 Å². The van der Waals surface area contributed by atoms with E-state index in [-0.39, 0.29) is 0 Å². The van der Waals surface area contributed by atoms with E-state index in [2.05, 4.69) is 30.5 Å². The normalized spacial score (nSPS) is 16.6. The van der Waals surface area contributed by atoms with Crippen molar-refractivity contribution < 1.29 is 0 Å². The van der Waals surface area contributed by atoms with Gasteiger partial charge in [-0.15, -0.1) is 0 Å². The number of anilines is 1. The second kappa shape index (κ2) is 6.65.